The molecule has 1 saturated carbocycles. The Morgan fingerprint density at radius 3 is 3.00 bits per heavy atom. The van der Waals surface area contributed by atoms with Gasteiger partial charge in [0.2, 0.25) is 0 Å². The van der Waals surface area contributed by atoms with Gasteiger partial charge in [0.25, 0.3) is 0 Å². The summed E-state index contributed by atoms with van der Waals surface area (Å²) in [6.45, 7) is 4.93. The number of quaternary nitrogens is 1. The average molecular weight is 311 g/mol. The SMILES string of the molecule is C/C=C1\C[N+]2(C)CCC34c5ccccc5NC3[C@H](CO)[C@H]1CC42. The maximum atomic E-state index is 10.3. The Kier molecular flexibility index (Phi) is 2.69. The first-order valence-corrected chi connectivity index (χ1v) is 9.10. The lowest BCUT2D eigenvalue weighted by Crippen LogP contribution is -2.67. The summed E-state index contributed by atoms with van der Waals surface area (Å²) in [5.74, 6) is 0.899. The topological polar surface area (TPSA) is 32.3 Å². The number of piperidine rings is 1. The molecular weight excluding hydrogens is 284 g/mol. The Hall–Kier alpha value is -1.32. The number of aliphatic hydroxyl groups is 1. The zero-order valence-electron chi connectivity index (χ0n) is 14.1. The Morgan fingerprint density at radius 2 is 2.22 bits per heavy atom. The number of benzene rings is 1. The average Bonchev–Trinajstić information content (AvgIpc) is 3.08. The molecule has 2 bridgehead atoms. The second-order valence-electron chi connectivity index (χ2n) is 8.39. The van der Waals surface area contributed by atoms with Gasteiger partial charge >= 0.3 is 0 Å². The summed E-state index contributed by atoms with van der Waals surface area (Å²) >= 11 is 0. The van der Waals surface area contributed by atoms with Crippen molar-refractivity contribution < 1.29 is 9.59 Å². The molecule has 0 aromatic heterocycles. The van der Waals surface area contributed by atoms with Gasteiger partial charge in [0.1, 0.15) is 12.6 Å². The second kappa shape index (κ2) is 4.40. The van der Waals surface area contributed by atoms with Crippen molar-refractivity contribution in [3.63, 3.8) is 0 Å². The fraction of sp³-hybridized carbons (Fsp3) is 0.600. The number of nitrogens with one attached hydrogen (secondary N) is 1. The molecule has 0 amide bonds. The number of anilines is 1. The summed E-state index contributed by atoms with van der Waals surface area (Å²) in [6, 6.07) is 10.0. The van der Waals surface area contributed by atoms with Gasteiger partial charge in [0.15, 0.2) is 0 Å². The van der Waals surface area contributed by atoms with Crippen molar-refractivity contribution in [2.24, 2.45) is 11.8 Å². The Bertz CT molecular complexity index is 699. The second-order valence-corrected chi connectivity index (χ2v) is 8.39. The minimum Gasteiger partial charge on any atom is -0.396 e. The molecule has 2 N–H and O–H groups in total. The molecule has 1 spiro atoms. The lowest BCUT2D eigenvalue weighted by Gasteiger charge is -2.56. The minimum absolute atomic E-state index is 0.231. The van der Waals surface area contributed by atoms with Crippen molar-refractivity contribution >= 4 is 5.69 Å². The number of fused-ring (bicyclic) bond motifs is 2. The van der Waals surface area contributed by atoms with Crippen LogP contribution in [0, 0.1) is 11.8 Å². The number of rotatable bonds is 1. The molecular formula is C20H27N2O+. The normalized spacial score (nSPS) is 48.0. The molecule has 5 rings (SSSR count). The maximum absolute atomic E-state index is 10.3. The van der Waals surface area contributed by atoms with Crippen LogP contribution in [0.5, 0.6) is 0 Å². The van der Waals surface area contributed by atoms with Crippen LogP contribution in [0.25, 0.3) is 0 Å². The van der Waals surface area contributed by atoms with Gasteiger partial charge in [-0.25, -0.2) is 0 Å². The lowest BCUT2D eigenvalue weighted by atomic mass is 9.55. The van der Waals surface area contributed by atoms with Crippen molar-refractivity contribution in [1.82, 2.24) is 0 Å². The highest BCUT2D eigenvalue weighted by atomic mass is 16.3. The number of aliphatic hydroxyl groups excluding tert-OH is 1. The number of likely N-dealkylation sites (N-methyl/N-ethyl adjacent to an activating group) is 1. The number of hydrogen-bond acceptors (Lipinski definition) is 2. The molecule has 3 heterocycles. The van der Waals surface area contributed by atoms with E-state index in [2.05, 4.69) is 49.6 Å². The molecule has 1 aliphatic carbocycles. The van der Waals surface area contributed by atoms with Crippen molar-refractivity contribution in [2.45, 2.75) is 37.3 Å². The Labute approximate surface area is 138 Å². The van der Waals surface area contributed by atoms with Gasteiger partial charge in [0.05, 0.1) is 19.0 Å². The summed E-state index contributed by atoms with van der Waals surface area (Å²) in [5.41, 5.74) is 4.65. The molecule has 1 aromatic rings. The van der Waals surface area contributed by atoms with Gasteiger partial charge in [0, 0.05) is 37.1 Å². The highest BCUT2D eigenvalue weighted by Gasteiger charge is 2.70. The predicted molar refractivity (Wildman–Crippen MR) is 92.3 cm³/mol. The standard InChI is InChI=1S/C20H27N2O/c1-3-13-11-22(2)9-8-20-16-6-4-5-7-17(16)21-19(20)15(12-23)14(13)10-18(20)22/h3-7,14-15,18-19,21,23H,8-12H2,1-2H3/q+1/b13-3+/t14-,15+,18?,19?,20?,22?/m0/s1. The maximum Gasteiger partial charge on any atom is 0.102 e. The molecule has 6 atom stereocenters. The molecule has 3 fully saturated rings. The Morgan fingerprint density at radius 1 is 1.39 bits per heavy atom. The predicted octanol–water partition coefficient (Wildman–Crippen LogP) is 2.53. The molecule has 23 heavy (non-hydrogen) atoms. The van der Waals surface area contributed by atoms with E-state index in [1.54, 1.807) is 5.57 Å². The van der Waals surface area contributed by atoms with E-state index in [1.165, 1.54) is 41.7 Å². The van der Waals surface area contributed by atoms with Gasteiger partial charge in [-0.05, 0) is 30.0 Å². The van der Waals surface area contributed by atoms with E-state index < -0.39 is 0 Å². The highest BCUT2D eigenvalue weighted by molar-refractivity contribution is 5.64. The van der Waals surface area contributed by atoms with E-state index >= 15 is 0 Å². The Balaban J connectivity index is 1.74. The third-order valence-electron chi connectivity index (χ3n) is 7.70. The number of hydrogen-bond donors (Lipinski definition) is 2. The fourth-order valence-electron chi connectivity index (χ4n) is 6.76. The molecule has 1 aromatic carbocycles. The van der Waals surface area contributed by atoms with E-state index in [0.717, 1.165) is 0 Å². The van der Waals surface area contributed by atoms with Crippen molar-refractivity contribution in [3.05, 3.63) is 41.5 Å². The van der Waals surface area contributed by atoms with Gasteiger partial charge in [-0.2, -0.15) is 0 Å². The summed E-state index contributed by atoms with van der Waals surface area (Å²) in [7, 11) is 2.47. The van der Waals surface area contributed by atoms with E-state index in [0.29, 0.717) is 30.5 Å². The lowest BCUT2D eigenvalue weighted by molar-refractivity contribution is -0.925. The van der Waals surface area contributed by atoms with Crippen LogP contribution in [0.3, 0.4) is 0 Å². The van der Waals surface area contributed by atoms with Gasteiger partial charge in [-0.1, -0.05) is 24.3 Å². The van der Waals surface area contributed by atoms with Crippen LogP contribution in [0.1, 0.15) is 25.3 Å². The summed E-state index contributed by atoms with van der Waals surface area (Å²) < 4.78 is 1.20. The van der Waals surface area contributed by atoms with E-state index in [-0.39, 0.29) is 5.41 Å². The molecule has 3 heteroatoms. The van der Waals surface area contributed by atoms with Crippen molar-refractivity contribution in [1.29, 1.82) is 0 Å². The first-order valence-electron chi connectivity index (χ1n) is 9.10. The van der Waals surface area contributed by atoms with Crippen LogP contribution >= 0.6 is 0 Å². The van der Waals surface area contributed by atoms with Gasteiger partial charge in [-0.15, -0.1) is 0 Å². The quantitative estimate of drug-likeness (QED) is 0.617. The minimum atomic E-state index is 0.231. The van der Waals surface area contributed by atoms with E-state index in [1.807, 2.05) is 0 Å². The molecule has 2 saturated heterocycles. The van der Waals surface area contributed by atoms with Crippen LogP contribution < -0.4 is 5.32 Å². The van der Waals surface area contributed by atoms with Crippen molar-refractivity contribution in [2.75, 3.05) is 32.1 Å². The first-order chi connectivity index (χ1) is 11.1. The summed E-state index contributed by atoms with van der Waals surface area (Å²) in [6.07, 6.45) is 4.83. The fourth-order valence-corrected chi connectivity index (χ4v) is 6.76. The van der Waals surface area contributed by atoms with Crippen LogP contribution in [0.2, 0.25) is 0 Å². The number of nitrogens with zero attached hydrogens (tertiary/aromatic N) is 1. The molecule has 122 valence electrons. The third-order valence-corrected chi connectivity index (χ3v) is 7.70. The molecule has 3 nitrogen and oxygen atoms in total. The third kappa shape index (κ3) is 1.49. The monoisotopic (exact) mass is 311 g/mol. The molecule has 4 aliphatic rings. The van der Waals surface area contributed by atoms with E-state index in [9.17, 15) is 5.11 Å². The van der Waals surface area contributed by atoms with Gasteiger partial charge in [-0.3, -0.25) is 0 Å². The molecule has 0 radical (unpaired) electrons. The first kappa shape index (κ1) is 14.1. The molecule has 3 aliphatic heterocycles. The van der Waals surface area contributed by atoms with Crippen LogP contribution in [-0.2, 0) is 5.41 Å². The zero-order valence-corrected chi connectivity index (χ0v) is 14.1. The smallest absolute Gasteiger partial charge is 0.102 e. The largest absolute Gasteiger partial charge is 0.396 e. The zero-order chi connectivity index (χ0) is 15.8. The van der Waals surface area contributed by atoms with Crippen LogP contribution in [0.15, 0.2) is 35.9 Å². The van der Waals surface area contributed by atoms with Crippen molar-refractivity contribution in [3.8, 4) is 0 Å². The molecule has 4 unspecified atom stereocenters. The van der Waals surface area contributed by atoms with E-state index in [4.69, 9.17) is 0 Å². The number of para-hydroxylation sites is 1. The summed E-state index contributed by atoms with van der Waals surface area (Å²) in [5, 5.41) is 14.1. The number of allylic oxidation sites excluding steroid dienone is 1. The van der Waals surface area contributed by atoms with Crippen LogP contribution in [0.4, 0.5) is 5.69 Å². The van der Waals surface area contributed by atoms with Gasteiger partial charge < -0.3 is 14.9 Å². The highest BCUT2D eigenvalue weighted by Crippen LogP contribution is 2.62. The van der Waals surface area contributed by atoms with Crippen LogP contribution in [-0.4, -0.2) is 48.4 Å². The summed E-state index contributed by atoms with van der Waals surface area (Å²) in [4.78, 5) is 0.